The lowest BCUT2D eigenvalue weighted by molar-refractivity contribution is 0.264. The molecule has 1 aromatic carbocycles. The van der Waals surface area contributed by atoms with Crippen LogP contribution in [0.4, 0.5) is 4.39 Å². The minimum absolute atomic E-state index is 0.210. The van der Waals surface area contributed by atoms with E-state index in [1.807, 2.05) is 6.07 Å². The van der Waals surface area contributed by atoms with E-state index in [4.69, 9.17) is 0 Å². The van der Waals surface area contributed by atoms with Crippen molar-refractivity contribution in [1.29, 1.82) is 0 Å². The molecule has 0 radical (unpaired) electrons. The van der Waals surface area contributed by atoms with E-state index in [-0.39, 0.29) is 5.82 Å². The van der Waals surface area contributed by atoms with Crippen molar-refractivity contribution in [2.24, 2.45) is 10.9 Å². The summed E-state index contributed by atoms with van der Waals surface area (Å²) in [5.74, 6) is 1.35. The number of nitrogens with one attached hydrogen (secondary N) is 2. The molecule has 1 fully saturated rings. The van der Waals surface area contributed by atoms with Gasteiger partial charge in [0.1, 0.15) is 5.82 Å². The van der Waals surface area contributed by atoms with Crippen LogP contribution in [0.1, 0.15) is 18.4 Å². The van der Waals surface area contributed by atoms with Gasteiger partial charge in [0.15, 0.2) is 5.96 Å². The SMILES string of the molecule is CN=C(NCc1cccc(F)c1)NCC(C1CC1)N(C)C. The molecule has 116 valence electrons. The molecule has 1 aliphatic carbocycles. The topological polar surface area (TPSA) is 39.7 Å². The second-order valence-electron chi connectivity index (χ2n) is 5.80. The van der Waals surface area contributed by atoms with E-state index in [9.17, 15) is 4.39 Å². The molecule has 5 heteroatoms. The van der Waals surface area contributed by atoms with Crippen LogP contribution in [0, 0.1) is 11.7 Å². The smallest absolute Gasteiger partial charge is 0.191 e. The van der Waals surface area contributed by atoms with Crippen LogP contribution in [0.25, 0.3) is 0 Å². The first-order valence-corrected chi connectivity index (χ1v) is 7.45. The van der Waals surface area contributed by atoms with Crippen LogP contribution < -0.4 is 10.6 Å². The minimum Gasteiger partial charge on any atom is -0.355 e. The lowest BCUT2D eigenvalue weighted by atomic mass is 10.1. The molecule has 1 aliphatic rings. The number of likely N-dealkylation sites (N-methyl/N-ethyl adjacent to an activating group) is 1. The van der Waals surface area contributed by atoms with Gasteiger partial charge < -0.3 is 15.5 Å². The number of guanidine groups is 1. The van der Waals surface area contributed by atoms with Gasteiger partial charge in [0.2, 0.25) is 0 Å². The second-order valence-corrected chi connectivity index (χ2v) is 5.80. The van der Waals surface area contributed by atoms with Gasteiger partial charge in [-0.25, -0.2) is 4.39 Å². The predicted molar refractivity (Wildman–Crippen MR) is 84.8 cm³/mol. The molecule has 0 aliphatic heterocycles. The van der Waals surface area contributed by atoms with Crippen molar-refractivity contribution in [2.75, 3.05) is 27.7 Å². The Hall–Kier alpha value is -1.62. The third-order valence-corrected chi connectivity index (χ3v) is 3.88. The summed E-state index contributed by atoms with van der Waals surface area (Å²) >= 11 is 0. The van der Waals surface area contributed by atoms with E-state index in [1.54, 1.807) is 13.1 Å². The number of hydrogen-bond acceptors (Lipinski definition) is 2. The lowest BCUT2D eigenvalue weighted by Gasteiger charge is -2.25. The van der Waals surface area contributed by atoms with Crippen LogP contribution in [0.2, 0.25) is 0 Å². The van der Waals surface area contributed by atoms with Gasteiger partial charge in [-0.1, -0.05) is 12.1 Å². The molecule has 4 nitrogen and oxygen atoms in total. The maximum absolute atomic E-state index is 13.1. The van der Waals surface area contributed by atoms with Crippen molar-refractivity contribution in [3.8, 4) is 0 Å². The Morgan fingerprint density at radius 1 is 1.38 bits per heavy atom. The molecule has 21 heavy (non-hydrogen) atoms. The van der Waals surface area contributed by atoms with E-state index in [0.29, 0.717) is 12.6 Å². The molecule has 0 amide bonds. The normalized spacial score (nSPS) is 16.9. The molecule has 0 spiro atoms. The van der Waals surface area contributed by atoms with E-state index < -0.39 is 0 Å². The number of nitrogens with zero attached hydrogens (tertiary/aromatic N) is 2. The molecular weight excluding hydrogens is 267 g/mol. The maximum Gasteiger partial charge on any atom is 0.191 e. The number of hydrogen-bond donors (Lipinski definition) is 2. The van der Waals surface area contributed by atoms with Crippen molar-refractivity contribution < 1.29 is 4.39 Å². The van der Waals surface area contributed by atoms with Crippen LogP contribution in [-0.2, 0) is 6.54 Å². The Morgan fingerprint density at radius 2 is 2.14 bits per heavy atom. The first kappa shape index (κ1) is 15.8. The molecule has 0 saturated heterocycles. The molecule has 1 aromatic rings. The van der Waals surface area contributed by atoms with Crippen molar-refractivity contribution in [3.05, 3.63) is 35.6 Å². The fourth-order valence-electron chi connectivity index (χ4n) is 2.51. The molecule has 1 saturated carbocycles. The standard InChI is InChI=1S/C16H25FN4/c1-18-16(19-10-12-5-4-6-14(17)9-12)20-11-15(21(2)3)13-7-8-13/h4-6,9,13,15H,7-8,10-11H2,1-3H3,(H2,18,19,20). The summed E-state index contributed by atoms with van der Waals surface area (Å²) in [6.45, 7) is 1.44. The van der Waals surface area contributed by atoms with E-state index in [0.717, 1.165) is 24.0 Å². The van der Waals surface area contributed by atoms with Gasteiger partial charge in [-0.3, -0.25) is 4.99 Å². The Balaban J connectivity index is 1.80. The van der Waals surface area contributed by atoms with Crippen molar-refractivity contribution in [3.63, 3.8) is 0 Å². The van der Waals surface area contributed by atoms with Crippen molar-refractivity contribution in [2.45, 2.75) is 25.4 Å². The zero-order valence-electron chi connectivity index (χ0n) is 13.1. The average molecular weight is 292 g/mol. The average Bonchev–Trinajstić information content (AvgIpc) is 3.27. The quantitative estimate of drug-likeness (QED) is 0.621. The maximum atomic E-state index is 13.1. The molecule has 1 atom stereocenters. The fourth-order valence-corrected chi connectivity index (χ4v) is 2.51. The summed E-state index contributed by atoms with van der Waals surface area (Å²) in [6.07, 6.45) is 2.64. The van der Waals surface area contributed by atoms with Gasteiger partial charge in [0.05, 0.1) is 0 Å². The zero-order valence-corrected chi connectivity index (χ0v) is 13.1. The number of benzene rings is 1. The highest BCUT2D eigenvalue weighted by molar-refractivity contribution is 5.79. The monoisotopic (exact) mass is 292 g/mol. The van der Waals surface area contributed by atoms with Crippen LogP contribution in [0.5, 0.6) is 0 Å². The van der Waals surface area contributed by atoms with Crippen LogP contribution >= 0.6 is 0 Å². The molecule has 2 N–H and O–H groups in total. The van der Waals surface area contributed by atoms with E-state index in [2.05, 4.69) is 34.6 Å². The Bertz CT molecular complexity index is 481. The first-order chi connectivity index (χ1) is 10.1. The van der Waals surface area contributed by atoms with Crippen LogP contribution in [0.3, 0.4) is 0 Å². The van der Waals surface area contributed by atoms with Gasteiger partial charge in [0.25, 0.3) is 0 Å². The van der Waals surface area contributed by atoms with Crippen LogP contribution in [-0.4, -0.2) is 44.6 Å². The molecule has 1 unspecified atom stereocenters. The Labute approximate surface area is 126 Å². The first-order valence-electron chi connectivity index (χ1n) is 7.45. The van der Waals surface area contributed by atoms with Gasteiger partial charge in [0, 0.05) is 26.2 Å². The Kier molecular flexibility index (Phi) is 5.56. The van der Waals surface area contributed by atoms with E-state index in [1.165, 1.54) is 25.0 Å². The highest BCUT2D eigenvalue weighted by atomic mass is 19.1. The third kappa shape index (κ3) is 5.01. The molecule has 0 heterocycles. The fraction of sp³-hybridized carbons (Fsp3) is 0.562. The largest absolute Gasteiger partial charge is 0.355 e. The van der Waals surface area contributed by atoms with Gasteiger partial charge in [-0.2, -0.15) is 0 Å². The number of aliphatic imine (C=N–C) groups is 1. The third-order valence-electron chi connectivity index (χ3n) is 3.88. The van der Waals surface area contributed by atoms with E-state index >= 15 is 0 Å². The number of rotatable bonds is 6. The summed E-state index contributed by atoms with van der Waals surface area (Å²) in [5, 5.41) is 6.58. The van der Waals surface area contributed by atoms with Crippen LogP contribution in [0.15, 0.2) is 29.3 Å². The van der Waals surface area contributed by atoms with Crippen molar-refractivity contribution >= 4 is 5.96 Å². The lowest BCUT2D eigenvalue weighted by Crippen LogP contribution is -2.45. The van der Waals surface area contributed by atoms with Gasteiger partial charge in [-0.15, -0.1) is 0 Å². The summed E-state index contributed by atoms with van der Waals surface area (Å²) in [4.78, 5) is 6.49. The van der Waals surface area contributed by atoms with Gasteiger partial charge >= 0.3 is 0 Å². The van der Waals surface area contributed by atoms with Gasteiger partial charge in [-0.05, 0) is 50.6 Å². The molecule has 2 rings (SSSR count). The molecule has 0 aromatic heterocycles. The van der Waals surface area contributed by atoms with Crippen molar-refractivity contribution in [1.82, 2.24) is 15.5 Å². The summed E-state index contributed by atoms with van der Waals surface area (Å²) < 4.78 is 13.1. The molecule has 0 bridgehead atoms. The minimum atomic E-state index is -0.210. The number of halogens is 1. The molecular formula is C16H25FN4. The predicted octanol–water partition coefficient (Wildman–Crippen LogP) is 1.83. The highest BCUT2D eigenvalue weighted by Gasteiger charge is 2.32. The second kappa shape index (κ2) is 7.41. The zero-order chi connectivity index (χ0) is 15.2. The summed E-state index contributed by atoms with van der Waals surface area (Å²) in [5.41, 5.74) is 0.907. The Morgan fingerprint density at radius 3 is 2.71 bits per heavy atom. The summed E-state index contributed by atoms with van der Waals surface area (Å²) in [6, 6.07) is 7.15. The summed E-state index contributed by atoms with van der Waals surface area (Å²) in [7, 11) is 5.99. The highest BCUT2D eigenvalue weighted by Crippen LogP contribution is 2.34.